The first-order valence-electron chi connectivity index (χ1n) is 8.12. The zero-order valence-corrected chi connectivity index (χ0v) is 15.4. The van der Waals surface area contributed by atoms with Gasteiger partial charge in [-0.2, -0.15) is 0 Å². The Labute approximate surface area is 155 Å². The van der Waals surface area contributed by atoms with Crippen LogP contribution in [0.4, 0.5) is 4.79 Å². The lowest BCUT2D eigenvalue weighted by molar-refractivity contribution is 0.172. The average molecular weight is 369 g/mol. The van der Waals surface area contributed by atoms with Gasteiger partial charge in [-0.1, -0.05) is 6.07 Å². The molecule has 0 atom stereocenters. The van der Waals surface area contributed by atoms with Crippen LogP contribution in [0.1, 0.15) is 0 Å². The Morgan fingerprint density at radius 3 is 2.37 bits per heavy atom. The number of nitrogens with zero attached hydrogens (tertiary/aromatic N) is 1. The number of fused-ring (bicyclic) bond motifs is 1. The lowest BCUT2D eigenvalue weighted by Crippen LogP contribution is -2.25. The summed E-state index contributed by atoms with van der Waals surface area (Å²) in [4.78, 5) is 25.4. The highest BCUT2D eigenvalue weighted by molar-refractivity contribution is 5.84. The molecule has 0 fully saturated rings. The quantitative estimate of drug-likeness (QED) is 0.655. The average Bonchev–Trinajstić information content (AvgIpc) is 2.66. The number of ether oxygens (including phenoxy) is 3. The highest BCUT2D eigenvalue weighted by Gasteiger charge is 2.13. The molecule has 7 heteroatoms. The van der Waals surface area contributed by atoms with Gasteiger partial charge in [0, 0.05) is 25.5 Å². The molecule has 27 heavy (non-hydrogen) atoms. The minimum Gasteiger partial charge on any atom is -0.493 e. The molecule has 0 aliphatic heterocycles. The molecule has 0 saturated carbocycles. The minimum absolute atomic E-state index is 0.295. The van der Waals surface area contributed by atoms with Crippen molar-refractivity contribution < 1.29 is 23.4 Å². The van der Waals surface area contributed by atoms with E-state index < -0.39 is 11.7 Å². The van der Waals surface area contributed by atoms with Crippen molar-refractivity contribution in [2.24, 2.45) is 0 Å². The lowest BCUT2D eigenvalue weighted by atomic mass is 10.1. The summed E-state index contributed by atoms with van der Waals surface area (Å²) in [6.45, 7) is 0. The number of hydrogen-bond donors (Lipinski definition) is 0. The summed E-state index contributed by atoms with van der Waals surface area (Å²) in [5, 5.41) is 0.698. The standard InChI is InChI=1S/C20H19NO6/c1-21(2)20(23)26-14-7-5-13-9-15(19(22)27-17(13)11-14)12-6-8-16(24-3)18(10-12)25-4/h5-11H,1-4H3. The molecule has 1 heterocycles. The van der Waals surface area contributed by atoms with Crippen molar-refractivity contribution in [1.29, 1.82) is 0 Å². The van der Waals surface area contributed by atoms with Crippen LogP contribution in [0.3, 0.4) is 0 Å². The van der Waals surface area contributed by atoms with Crippen LogP contribution in [0.15, 0.2) is 51.7 Å². The predicted octanol–water partition coefficient (Wildman–Crippen LogP) is 3.54. The lowest BCUT2D eigenvalue weighted by Gasteiger charge is -2.11. The first-order valence-corrected chi connectivity index (χ1v) is 8.12. The highest BCUT2D eigenvalue weighted by Crippen LogP contribution is 2.32. The molecule has 0 aliphatic rings. The van der Waals surface area contributed by atoms with E-state index >= 15 is 0 Å². The van der Waals surface area contributed by atoms with Crippen LogP contribution in [0.5, 0.6) is 17.2 Å². The summed E-state index contributed by atoms with van der Waals surface area (Å²) in [6, 6.07) is 11.8. The number of hydrogen-bond acceptors (Lipinski definition) is 6. The third-order valence-electron chi connectivity index (χ3n) is 3.97. The molecule has 0 N–H and O–H groups in total. The molecule has 2 aromatic carbocycles. The van der Waals surface area contributed by atoms with Crippen LogP contribution < -0.4 is 19.8 Å². The molecular formula is C20H19NO6. The molecule has 1 aromatic heterocycles. The zero-order valence-electron chi connectivity index (χ0n) is 15.4. The van der Waals surface area contributed by atoms with Crippen LogP contribution in [0.2, 0.25) is 0 Å². The Hall–Kier alpha value is -3.48. The summed E-state index contributed by atoms with van der Waals surface area (Å²) in [7, 11) is 6.24. The molecule has 140 valence electrons. The summed E-state index contributed by atoms with van der Waals surface area (Å²) >= 11 is 0. The van der Waals surface area contributed by atoms with Gasteiger partial charge in [-0.15, -0.1) is 0 Å². The molecule has 0 radical (unpaired) electrons. The van der Waals surface area contributed by atoms with Crippen LogP contribution in [-0.2, 0) is 0 Å². The van der Waals surface area contributed by atoms with E-state index in [1.807, 2.05) is 0 Å². The van der Waals surface area contributed by atoms with Crippen LogP contribution in [0.25, 0.3) is 22.1 Å². The normalized spacial score (nSPS) is 10.5. The van der Waals surface area contributed by atoms with E-state index in [0.717, 1.165) is 0 Å². The van der Waals surface area contributed by atoms with Crippen molar-refractivity contribution in [3.05, 3.63) is 52.9 Å². The van der Waals surface area contributed by atoms with E-state index in [2.05, 4.69) is 0 Å². The third kappa shape index (κ3) is 3.72. The summed E-state index contributed by atoms with van der Waals surface area (Å²) < 4.78 is 21.1. The molecule has 7 nitrogen and oxygen atoms in total. The van der Waals surface area contributed by atoms with Crippen molar-refractivity contribution in [1.82, 2.24) is 4.90 Å². The van der Waals surface area contributed by atoms with Gasteiger partial charge in [-0.3, -0.25) is 0 Å². The largest absolute Gasteiger partial charge is 0.493 e. The maximum atomic E-state index is 12.5. The van der Waals surface area contributed by atoms with Gasteiger partial charge in [-0.25, -0.2) is 9.59 Å². The monoisotopic (exact) mass is 369 g/mol. The molecule has 3 rings (SSSR count). The van der Waals surface area contributed by atoms with E-state index in [4.69, 9.17) is 18.6 Å². The first-order chi connectivity index (χ1) is 12.9. The van der Waals surface area contributed by atoms with E-state index in [1.165, 1.54) is 18.1 Å². The Morgan fingerprint density at radius 2 is 1.70 bits per heavy atom. The van der Waals surface area contributed by atoms with Gasteiger partial charge in [0.1, 0.15) is 11.3 Å². The summed E-state index contributed by atoms with van der Waals surface area (Å²) in [5.74, 6) is 1.38. The fourth-order valence-electron chi connectivity index (χ4n) is 2.55. The van der Waals surface area contributed by atoms with Crippen molar-refractivity contribution in [3.63, 3.8) is 0 Å². The van der Waals surface area contributed by atoms with Crippen LogP contribution in [-0.4, -0.2) is 39.3 Å². The van der Waals surface area contributed by atoms with Crippen molar-refractivity contribution in [2.45, 2.75) is 0 Å². The fraction of sp³-hybridized carbons (Fsp3) is 0.200. The second-order valence-corrected chi connectivity index (χ2v) is 5.98. The molecular weight excluding hydrogens is 350 g/mol. The van der Waals surface area contributed by atoms with Gasteiger partial charge in [0.05, 0.1) is 19.8 Å². The van der Waals surface area contributed by atoms with Crippen LogP contribution >= 0.6 is 0 Å². The van der Waals surface area contributed by atoms with Gasteiger partial charge >= 0.3 is 11.7 Å². The number of amides is 1. The topological polar surface area (TPSA) is 78.2 Å². The SMILES string of the molecule is COc1ccc(-c2cc3ccc(OC(=O)N(C)C)cc3oc2=O)cc1OC. The Kier molecular flexibility index (Phi) is 5.03. The minimum atomic E-state index is -0.515. The highest BCUT2D eigenvalue weighted by atomic mass is 16.6. The Morgan fingerprint density at radius 1 is 0.963 bits per heavy atom. The first kappa shape index (κ1) is 18.3. The van der Waals surface area contributed by atoms with Crippen LogP contribution in [0, 0.1) is 0 Å². The van der Waals surface area contributed by atoms with Gasteiger partial charge in [0.25, 0.3) is 0 Å². The van der Waals surface area contributed by atoms with E-state index in [9.17, 15) is 9.59 Å². The molecule has 0 bridgehead atoms. The second-order valence-electron chi connectivity index (χ2n) is 5.98. The maximum Gasteiger partial charge on any atom is 0.414 e. The van der Waals surface area contributed by atoms with Crippen molar-refractivity contribution in [3.8, 4) is 28.4 Å². The predicted molar refractivity (Wildman–Crippen MR) is 101 cm³/mol. The van der Waals surface area contributed by atoms with Gasteiger partial charge in [0.15, 0.2) is 11.5 Å². The third-order valence-corrected chi connectivity index (χ3v) is 3.97. The molecule has 0 unspecified atom stereocenters. The van der Waals surface area contributed by atoms with E-state index in [0.29, 0.717) is 39.3 Å². The molecule has 0 spiro atoms. The van der Waals surface area contributed by atoms with Gasteiger partial charge in [0.2, 0.25) is 0 Å². The number of carbonyl (C=O) groups excluding carboxylic acids is 1. The number of rotatable bonds is 4. The smallest absolute Gasteiger partial charge is 0.414 e. The fourth-order valence-corrected chi connectivity index (χ4v) is 2.55. The van der Waals surface area contributed by atoms with E-state index in [1.54, 1.807) is 57.6 Å². The maximum absolute atomic E-state index is 12.5. The number of benzene rings is 2. The molecule has 0 aliphatic carbocycles. The summed E-state index contributed by atoms with van der Waals surface area (Å²) in [6.07, 6.45) is -0.515. The Balaban J connectivity index is 2.03. The van der Waals surface area contributed by atoms with Crippen molar-refractivity contribution >= 4 is 17.1 Å². The molecule has 1 amide bonds. The van der Waals surface area contributed by atoms with Gasteiger partial charge < -0.3 is 23.5 Å². The van der Waals surface area contributed by atoms with E-state index in [-0.39, 0.29) is 0 Å². The Bertz CT molecular complexity index is 1050. The van der Waals surface area contributed by atoms with Crippen molar-refractivity contribution in [2.75, 3.05) is 28.3 Å². The number of methoxy groups -OCH3 is 2. The second kappa shape index (κ2) is 7.41. The zero-order chi connectivity index (χ0) is 19.6. The summed E-state index contributed by atoms with van der Waals surface area (Å²) in [5.41, 5.74) is 0.854. The molecule has 0 saturated heterocycles. The molecule has 3 aromatic rings. The van der Waals surface area contributed by atoms with Gasteiger partial charge in [-0.05, 0) is 35.9 Å². The number of carbonyl (C=O) groups is 1.